The van der Waals surface area contributed by atoms with Crippen LogP contribution in [-0.2, 0) is 5.41 Å². The van der Waals surface area contributed by atoms with Gasteiger partial charge in [-0.3, -0.25) is 4.79 Å². The minimum absolute atomic E-state index is 0.262. The van der Waals surface area contributed by atoms with E-state index in [9.17, 15) is 4.79 Å². The van der Waals surface area contributed by atoms with Crippen LogP contribution in [0.25, 0.3) is 5.78 Å². The predicted octanol–water partition coefficient (Wildman–Crippen LogP) is 1.47. The van der Waals surface area contributed by atoms with Gasteiger partial charge in [-0.05, 0) is 29.8 Å². The molecule has 3 rings (SSSR count). The lowest BCUT2D eigenvalue weighted by Crippen LogP contribution is -2.33. The summed E-state index contributed by atoms with van der Waals surface area (Å²) in [5.41, 5.74) is 0.483. The van der Waals surface area contributed by atoms with Gasteiger partial charge in [-0.25, -0.2) is 0 Å². The SMILES string of the molecule is COc1ccc(/C=N\n2c(=O)c(C(C)(C)C)nn3cnnc23)cc1. The Balaban J connectivity index is 2.10. The molecule has 2 aromatic heterocycles. The number of hydrogen-bond donors (Lipinski definition) is 0. The Morgan fingerprint density at radius 1 is 1.21 bits per heavy atom. The van der Waals surface area contributed by atoms with Crippen LogP contribution >= 0.6 is 0 Å². The first-order valence-electron chi connectivity index (χ1n) is 7.42. The Morgan fingerprint density at radius 2 is 1.92 bits per heavy atom. The summed E-state index contributed by atoms with van der Waals surface area (Å²) >= 11 is 0. The average Bonchev–Trinajstić information content (AvgIpc) is 3.01. The van der Waals surface area contributed by atoms with Gasteiger partial charge < -0.3 is 4.74 Å². The van der Waals surface area contributed by atoms with Crippen LogP contribution in [0.3, 0.4) is 0 Å². The van der Waals surface area contributed by atoms with Gasteiger partial charge in [0.15, 0.2) is 0 Å². The van der Waals surface area contributed by atoms with Gasteiger partial charge in [-0.1, -0.05) is 20.8 Å². The van der Waals surface area contributed by atoms with E-state index in [1.807, 2.05) is 45.0 Å². The van der Waals surface area contributed by atoms with Crippen LogP contribution < -0.4 is 10.3 Å². The van der Waals surface area contributed by atoms with Crippen molar-refractivity contribution in [3.63, 3.8) is 0 Å². The second-order valence-electron chi connectivity index (χ2n) is 6.31. The van der Waals surface area contributed by atoms with E-state index in [1.54, 1.807) is 13.3 Å². The summed E-state index contributed by atoms with van der Waals surface area (Å²) in [6.45, 7) is 5.76. The van der Waals surface area contributed by atoms with Gasteiger partial charge in [0.1, 0.15) is 17.8 Å². The van der Waals surface area contributed by atoms with Gasteiger partial charge in [0, 0.05) is 5.41 Å². The fraction of sp³-hybridized carbons (Fsp3) is 0.312. The quantitative estimate of drug-likeness (QED) is 0.680. The van der Waals surface area contributed by atoms with Crippen molar-refractivity contribution in [2.24, 2.45) is 5.10 Å². The molecule has 0 saturated carbocycles. The van der Waals surface area contributed by atoms with Crippen molar-refractivity contribution in [2.75, 3.05) is 7.11 Å². The van der Waals surface area contributed by atoms with Crippen molar-refractivity contribution in [1.82, 2.24) is 24.5 Å². The number of benzene rings is 1. The standard InChI is InChI=1S/C16H18N6O2/c1-16(2,3)13-14(23)22(15-19-17-10-21(15)20-13)18-9-11-5-7-12(24-4)8-6-11/h5-10H,1-4H3/b18-9-. The first-order valence-corrected chi connectivity index (χ1v) is 7.42. The molecule has 0 N–H and O–H groups in total. The highest BCUT2D eigenvalue weighted by atomic mass is 16.5. The molecule has 1 aromatic carbocycles. The summed E-state index contributed by atoms with van der Waals surface area (Å²) in [6, 6.07) is 7.34. The predicted molar refractivity (Wildman–Crippen MR) is 89.7 cm³/mol. The van der Waals surface area contributed by atoms with Crippen molar-refractivity contribution < 1.29 is 4.74 Å². The molecular weight excluding hydrogens is 308 g/mol. The summed E-state index contributed by atoms with van der Waals surface area (Å²) in [4.78, 5) is 12.7. The lowest BCUT2D eigenvalue weighted by Gasteiger charge is -2.16. The molecule has 0 aliphatic rings. The summed E-state index contributed by atoms with van der Waals surface area (Å²) in [5, 5.41) is 16.3. The third kappa shape index (κ3) is 2.90. The molecule has 8 heteroatoms. The van der Waals surface area contributed by atoms with E-state index < -0.39 is 5.41 Å². The Kier molecular flexibility index (Phi) is 3.88. The normalized spacial score (nSPS) is 12.2. The van der Waals surface area contributed by atoms with Gasteiger partial charge in [0.2, 0.25) is 0 Å². The molecule has 0 unspecified atom stereocenters. The Morgan fingerprint density at radius 3 is 2.54 bits per heavy atom. The minimum atomic E-state index is -0.424. The van der Waals surface area contributed by atoms with E-state index >= 15 is 0 Å². The Hall–Kier alpha value is -3.03. The van der Waals surface area contributed by atoms with Gasteiger partial charge >= 0.3 is 0 Å². The molecule has 0 amide bonds. The summed E-state index contributed by atoms with van der Waals surface area (Å²) in [5.74, 6) is 1.01. The average molecular weight is 326 g/mol. The van der Waals surface area contributed by atoms with E-state index in [0.717, 1.165) is 11.3 Å². The maximum absolute atomic E-state index is 12.7. The molecule has 0 bridgehead atoms. The highest BCUT2D eigenvalue weighted by Crippen LogP contribution is 2.16. The zero-order valence-corrected chi connectivity index (χ0v) is 14.0. The molecule has 0 fully saturated rings. The van der Waals surface area contributed by atoms with Gasteiger partial charge in [-0.2, -0.15) is 19.4 Å². The molecule has 124 valence electrons. The maximum Gasteiger partial charge on any atom is 0.298 e. The summed E-state index contributed by atoms with van der Waals surface area (Å²) in [6.07, 6.45) is 3.03. The molecule has 0 saturated heterocycles. The topological polar surface area (TPSA) is 86.7 Å². The number of fused-ring (bicyclic) bond motifs is 1. The highest BCUT2D eigenvalue weighted by molar-refractivity contribution is 5.79. The third-order valence-electron chi connectivity index (χ3n) is 3.45. The van der Waals surface area contributed by atoms with Crippen LogP contribution in [0.4, 0.5) is 0 Å². The number of aromatic nitrogens is 5. The van der Waals surface area contributed by atoms with E-state index in [2.05, 4.69) is 20.4 Å². The molecule has 24 heavy (non-hydrogen) atoms. The number of ether oxygens (including phenoxy) is 1. The smallest absolute Gasteiger partial charge is 0.298 e. The molecule has 0 aliphatic heterocycles. The van der Waals surface area contributed by atoms with Crippen molar-refractivity contribution in [2.45, 2.75) is 26.2 Å². The molecule has 0 aliphatic carbocycles. The van der Waals surface area contributed by atoms with E-state index in [-0.39, 0.29) is 11.3 Å². The van der Waals surface area contributed by atoms with Crippen molar-refractivity contribution in [3.8, 4) is 5.75 Å². The molecule has 0 atom stereocenters. The van der Waals surface area contributed by atoms with Crippen LogP contribution in [0.15, 0.2) is 40.5 Å². The van der Waals surface area contributed by atoms with Crippen LogP contribution in [0.5, 0.6) is 5.75 Å². The third-order valence-corrected chi connectivity index (χ3v) is 3.45. The van der Waals surface area contributed by atoms with Crippen LogP contribution in [0, 0.1) is 0 Å². The fourth-order valence-corrected chi connectivity index (χ4v) is 2.16. The highest BCUT2D eigenvalue weighted by Gasteiger charge is 2.23. The zero-order valence-electron chi connectivity index (χ0n) is 14.0. The Bertz CT molecular complexity index is 947. The number of hydrogen-bond acceptors (Lipinski definition) is 6. The van der Waals surface area contributed by atoms with Crippen molar-refractivity contribution in [3.05, 3.63) is 52.2 Å². The van der Waals surface area contributed by atoms with Gasteiger partial charge in [0.25, 0.3) is 11.3 Å². The zero-order chi connectivity index (χ0) is 17.3. The molecular formula is C16H18N6O2. The molecule has 8 nitrogen and oxygen atoms in total. The van der Waals surface area contributed by atoms with E-state index in [1.165, 1.54) is 15.5 Å². The second-order valence-corrected chi connectivity index (χ2v) is 6.31. The van der Waals surface area contributed by atoms with Gasteiger partial charge in [0.05, 0.1) is 13.3 Å². The number of methoxy groups -OCH3 is 1. The fourth-order valence-electron chi connectivity index (χ4n) is 2.16. The van der Waals surface area contributed by atoms with Crippen molar-refractivity contribution >= 4 is 12.0 Å². The van der Waals surface area contributed by atoms with Gasteiger partial charge in [-0.15, -0.1) is 10.2 Å². The Labute approximate surface area is 138 Å². The first kappa shape index (κ1) is 15.9. The summed E-state index contributed by atoms with van der Waals surface area (Å²) < 4.78 is 7.79. The molecule has 2 heterocycles. The van der Waals surface area contributed by atoms with E-state index in [4.69, 9.17) is 4.74 Å². The monoisotopic (exact) mass is 326 g/mol. The number of nitrogens with zero attached hydrogens (tertiary/aromatic N) is 6. The van der Waals surface area contributed by atoms with Crippen LogP contribution in [0.2, 0.25) is 0 Å². The maximum atomic E-state index is 12.7. The second kappa shape index (κ2) is 5.88. The largest absolute Gasteiger partial charge is 0.497 e. The lowest BCUT2D eigenvalue weighted by molar-refractivity contribution is 0.415. The van der Waals surface area contributed by atoms with Crippen LogP contribution in [0.1, 0.15) is 32.0 Å². The molecule has 0 spiro atoms. The molecule has 0 radical (unpaired) electrons. The lowest BCUT2D eigenvalue weighted by atomic mass is 9.93. The summed E-state index contributed by atoms with van der Waals surface area (Å²) in [7, 11) is 1.61. The first-order chi connectivity index (χ1) is 11.4. The minimum Gasteiger partial charge on any atom is -0.497 e. The molecule has 3 aromatic rings. The van der Waals surface area contributed by atoms with Crippen molar-refractivity contribution in [1.29, 1.82) is 0 Å². The van der Waals surface area contributed by atoms with E-state index in [0.29, 0.717) is 5.69 Å². The van der Waals surface area contributed by atoms with Crippen LogP contribution in [-0.4, -0.2) is 37.8 Å². The number of rotatable bonds is 3.